The molecule has 2 aromatic carbocycles. The molecule has 4 aromatic rings. The van der Waals surface area contributed by atoms with Crippen molar-refractivity contribution in [3.05, 3.63) is 54.6 Å². The topological polar surface area (TPSA) is 199 Å². The number of hydrogen-bond acceptors (Lipinski definition) is 11. The lowest BCUT2D eigenvalue weighted by atomic mass is 10.00. The molecule has 5 unspecified atom stereocenters. The van der Waals surface area contributed by atoms with Gasteiger partial charge in [0, 0.05) is 24.6 Å². The molecule has 4 aliphatic rings. The molecule has 8 rings (SSSR count). The first kappa shape index (κ1) is 41.3. The Hall–Kier alpha value is -5.39. The molecule has 15 nitrogen and oxygen atoms in total. The number of amides is 4. The zero-order valence-electron chi connectivity index (χ0n) is 33.5. The van der Waals surface area contributed by atoms with Crippen molar-refractivity contribution in [2.24, 2.45) is 5.92 Å². The SMILES string of the molecule is CC(C)(C)OC(=O)NC1CCCCCC(F)(F)CC2CC2(C(=O)NS(=O)(=O)C2CC2)NC(=O)C2CC(Oc3nc4ccccc4nc3-c3cc4ccccc4o3)CN2C1=O. The summed E-state index contributed by atoms with van der Waals surface area (Å²) in [4.78, 5) is 66.9. The van der Waals surface area contributed by atoms with E-state index in [1.54, 1.807) is 45.0 Å². The molecule has 2 aromatic heterocycles. The van der Waals surface area contributed by atoms with Gasteiger partial charge in [0.1, 0.15) is 34.9 Å². The van der Waals surface area contributed by atoms with Crippen LogP contribution in [0.4, 0.5) is 13.6 Å². The number of para-hydroxylation sites is 3. The average Bonchev–Trinajstić information content (AvgIpc) is 4.06. The number of rotatable bonds is 7. The van der Waals surface area contributed by atoms with Crippen LogP contribution in [0.25, 0.3) is 33.5 Å². The number of ether oxygens (including phenoxy) is 2. The summed E-state index contributed by atoms with van der Waals surface area (Å²) in [5.41, 5.74) is -0.950. The van der Waals surface area contributed by atoms with Gasteiger partial charge >= 0.3 is 6.09 Å². The smallest absolute Gasteiger partial charge is 0.408 e. The molecule has 0 bridgehead atoms. The molecule has 320 valence electrons. The molecule has 2 aliphatic carbocycles. The molecule has 3 N–H and O–H groups in total. The van der Waals surface area contributed by atoms with Crippen LogP contribution in [-0.2, 0) is 29.1 Å². The monoisotopic (exact) mass is 850 g/mol. The number of carbonyl (C=O) groups is 4. The molecule has 4 amide bonds. The largest absolute Gasteiger partial charge is 0.471 e. The summed E-state index contributed by atoms with van der Waals surface area (Å²) in [6.07, 6.45) is -2.02. The van der Waals surface area contributed by atoms with Crippen LogP contribution in [0.1, 0.15) is 85.0 Å². The van der Waals surface area contributed by atoms with E-state index in [9.17, 15) is 27.6 Å². The number of nitrogens with one attached hydrogen (secondary N) is 3. The second-order valence-corrected chi connectivity index (χ2v) is 19.4. The number of hydrogen-bond donors (Lipinski definition) is 3. The summed E-state index contributed by atoms with van der Waals surface area (Å²) in [5.74, 6) is -6.50. The van der Waals surface area contributed by atoms with Crippen molar-refractivity contribution in [2.45, 2.75) is 125 Å². The molecule has 60 heavy (non-hydrogen) atoms. The van der Waals surface area contributed by atoms with E-state index in [4.69, 9.17) is 23.9 Å². The van der Waals surface area contributed by atoms with E-state index in [2.05, 4.69) is 10.6 Å². The fourth-order valence-electron chi connectivity index (χ4n) is 8.19. The highest BCUT2D eigenvalue weighted by Gasteiger charge is 2.65. The molecule has 2 saturated carbocycles. The predicted molar refractivity (Wildman–Crippen MR) is 214 cm³/mol. The first-order valence-electron chi connectivity index (χ1n) is 20.4. The average molecular weight is 851 g/mol. The molecule has 18 heteroatoms. The molecule has 2 saturated heterocycles. The Labute approximate surface area is 345 Å². The Morgan fingerprint density at radius 2 is 1.68 bits per heavy atom. The van der Waals surface area contributed by atoms with Crippen LogP contribution in [0.15, 0.2) is 59.0 Å². The number of nitrogens with zero attached hydrogens (tertiary/aromatic N) is 3. The second kappa shape index (κ2) is 15.6. The number of aromatic nitrogens is 2. The van der Waals surface area contributed by atoms with Gasteiger partial charge in [0.05, 0.1) is 22.8 Å². The van der Waals surface area contributed by atoms with Crippen molar-refractivity contribution < 1.29 is 50.3 Å². The number of halogens is 2. The van der Waals surface area contributed by atoms with E-state index in [1.165, 1.54) is 4.90 Å². The minimum atomic E-state index is -4.11. The van der Waals surface area contributed by atoms with Gasteiger partial charge in [0.15, 0.2) is 11.5 Å². The van der Waals surface area contributed by atoms with Crippen molar-refractivity contribution in [2.75, 3.05) is 6.54 Å². The minimum Gasteiger partial charge on any atom is -0.471 e. The Balaban J connectivity index is 1.14. The molecule has 5 atom stereocenters. The minimum absolute atomic E-state index is 0.0559. The van der Waals surface area contributed by atoms with E-state index in [0.29, 0.717) is 41.6 Å². The van der Waals surface area contributed by atoms with Crippen molar-refractivity contribution in [3.63, 3.8) is 0 Å². The van der Waals surface area contributed by atoms with E-state index < -0.39 is 93.1 Å². The summed E-state index contributed by atoms with van der Waals surface area (Å²) >= 11 is 0. The molecular formula is C42H48F2N6O9S. The van der Waals surface area contributed by atoms with Gasteiger partial charge in [0.25, 0.3) is 5.91 Å². The number of furan rings is 1. The van der Waals surface area contributed by atoms with Gasteiger partial charge in [-0.3, -0.25) is 19.1 Å². The number of fused-ring (bicyclic) bond motifs is 4. The Bertz CT molecular complexity index is 2420. The van der Waals surface area contributed by atoms with Crippen LogP contribution in [-0.4, -0.2) is 94.1 Å². The van der Waals surface area contributed by atoms with Crippen LogP contribution in [0.2, 0.25) is 0 Å². The van der Waals surface area contributed by atoms with Crippen LogP contribution >= 0.6 is 0 Å². The third kappa shape index (κ3) is 8.88. The normalized spacial score (nSPS) is 26.2. The Morgan fingerprint density at radius 1 is 0.967 bits per heavy atom. The Morgan fingerprint density at radius 3 is 2.40 bits per heavy atom. The van der Waals surface area contributed by atoms with E-state index in [1.807, 2.05) is 35.1 Å². The van der Waals surface area contributed by atoms with Gasteiger partial charge in [-0.05, 0) is 83.1 Å². The number of carbonyl (C=O) groups excluding carboxylic acids is 4. The lowest BCUT2D eigenvalue weighted by Crippen LogP contribution is -2.58. The summed E-state index contributed by atoms with van der Waals surface area (Å²) < 4.78 is 76.9. The van der Waals surface area contributed by atoms with E-state index >= 15 is 8.78 Å². The molecule has 4 heterocycles. The predicted octanol–water partition coefficient (Wildman–Crippen LogP) is 5.76. The molecule has 4 fully saturated rings. The molecule has 2 aliphatic heterocycles. The van der Waals surface area contributed by atoms with E-state index in [0.717, 1.165) is 5.39 Å². The highest BCUT2D eigenvalue weighted by molar-refractivity contribution is 7.91. The van der Waals surface area contributed by atoms with Crippen LogP contribution in [0.3, 0.4) is 0 Å². The van der Waals surface area contributed by atoms with Gasteiger partial charge in [-0.15, -0.1) is 0 Å². The molecule has 0 spiro atoms. The van der Waals surface area contributed by atoms with Gasteiger partial charge < -0.3 is 29.4 Å². The highest BCUT2D eigenvalue weighted by Crippen LogP contribution is 2.51. The fraction of sp³-hybridized carbons (Fsp3) is 0.524. The fourth-order valence-corrected chi connectivity index (χ4v) is 9.55. The third-order valence-electron chi connectivity index (χ3n) is 11.4. The van der Waals surface area contributed by atoms with Gasteiger partial charge in [-0.2, -0.15) is 0 Å². The standard InChI is InChI=1S/C42H48F2N6O9S/c1-40(2,3)59-39(54)47-30-14-5-4-10-18-41(43,44)21-25-22-42(25,38(53)49-60(55,56)27-16-17-27)48-35(51)31-20-26(23-50(31)37(30)52)57-36-34(45-28-12-7-8-13-29(28)46-36)33-19-24-11-6-9-15-32(24)58-33/h6-9,11-13,15,19,25-27,30-31H,4-5,10,14,16-18,20-23H2,1-3H3,(H,47,54)(H,48,51)(H,49,53). The number of alkyl halides is 2. The van der Waals surface area contributed by atoms with Gasteiger partial charge in [-0.25, -0.2) is 32.0 Å². The maximum Gasteiger partial charge on any atom is 0.408 e. The third-order valence-corrected chi connectivity index (χ3v) is 13.3. The second-order valence-electron chi connectivity index (χ2n) is 17.4. The zero-order valence-corrected chi connectivity index (χ0v) is 34.4. The number of benzene rings is 2. The van der Waals surface area contributed by atoms with Crippen molar-refractivity contribution >= 4 is 55.8 Å². The van der Waals surface area contributed by atoms with Crippen molar-refractivity contribution in [1.82, 2.24) is 30.2 Å². The zero-order chi connectivity index (χ0) is 42.6. The maximum atomic E-state index is 15.5. The summed E-state index contributed by atoms with van der Waals surface area (Å²) in [7, 11) is -4.11. The van der Waals surface area contributed by atoms with Crippen molar-refractivity contribution in [1.29, 1.82) is 0 Å². The molecule has 0 radical (unpaired) electrons. The lowest BCUT2D eigenvalue weighted by molar-refractivity contribution is -0.141. The first-order chi connectivity index (χ1) is 28.4. The maximum absolute atomic E-state index is 15.5. The van der Waals surface area contributed by atoms with Crippen LogP contribution < -0.4 is 20.1 Å². The van der Waals surface area contributed by atoms with Crippen molar-refractivity contribution in [3.8, 4) is 17.3 Å². The van der Waals surface area contributed by atoms with Gasteiger partial charge in [-0.1, -0.05) is 43.2 Å². The van der Waals surface area contributed by atoms with E-state index in [-0.39, 0.29) is 50.2 Å². The summed E-state index contributed by atoms with van der Waals surface area (Å²) in [5, 5.41) is 5.30. The molecular weight excluding hydrogens is 803 g/mol. The van der Waals surface area contributed by atoms with Crippen LogP contribution in [0.5, 0.6) is 5.88 Å². The summed E-state index contributed by atoms with van der Waals surface area (Å²) in [6, 6.07) is 13.8. The number of alkyl carbamates (subject to hydrolysis) is 1. The quantitative estimate of drug-likeness (QED) is 0.204. The van der Waals surface area contributed by atoms with Gasteiger partial charge in [0.2, 0.25) is 33.6 Å². The Kier molecular flexibility index (Phi) is 10.7. The summed E-state index contributed by atoms with van der Waals surface area (Å²) in [6.45, 7) is 4.80. The first-order valence-corrected chi connectivity index (χ1v) is 21.9. The highest BCUT2D eigenvalue weighted by atomic mass is 32.2. The number of sulfonamides is 1. The lowest BCUT2D eigenvalue weighted by Gasteiger charge is -2.30. The van der Waals surface area contributed by atoms with Crippen LogP contribution in [0, 0.1) is 5.92 Å².